The Hall–Kier alpha value is -1.22. The predicted octanol–water partition coefficient (Wildman–Crippen LogP) is 1.60. The number of hydrogen-bond donors (Lipinski definition) is 2. The van der Waals surface area contributed by atoms with Gasteiger partial charge in [0.1, 0.15) is 0 Å². The maximum Gasteiger partial charge on any atom is 0.273 e. The van der Waals surface area contributed by atoms with Gasteiger partial charge in [-0.1, -0.05) is 6.07 Å². The van der Waals surface area contributed by atoms with Crippen molar-refractivity contribution in [3.63, 3.8) is 0 Å². The number of piperidine rings is 1. The molecule has 124 valence electrons. The monoisotopic (exact) mass is 349 g/mol. The largest absolute Gasteiger partial charge is 0.316 e. The molecule has 1 fully saturated rings. The van der Waals surface area contributed by atoms with Gasteiger partial charge in [-0.15, -0.1) is 12.4 Å². The Bertz CT molecular complexity index is 630. The molecule has 2 rings (SSSR count). The molecule has 1 saturated heterocycles. The lowest BCUT2D eigenvalue weighted by atomic mass is 10.0. The van der Waals surface area contributed by atoms with Crippen LogP contribution in [0, 0.1) is 23.0 Å². The molecule has 0 aliphatic carbocycles. The third-order valence-electron chi connectivity index (χ3n) is 3.70. The van der Waals surface area contributed by atoms with Gasteiger partial charge in [0.25, 0.3) is 5.69 Å². The smallest absolute Gasteiger partial charge is 0.273 e. The van der Waals surface area contributed by atoms with Crippen LogP contribution >= 0.6 is 12.4 Å². The molecular formula is C13H20ClN3O4S. The molecule has 22 heavy (non-hydrogen) atoms. The van der Waals surface area contributed by atoms with Crippen molar-refractivity contribution < 1.29 is 13.3 Å². The Morgan fingerprint density at radius 1 is 1.45 bits per heavy atom. The molecule has 2 N–H and O–H groups in total. The maximum absolute atomic E-state index is 12.3. The minimum absolute atomic E-state index is 0. The van der Waals surface area contributed by atoms with E-state index in [1.165, 1.54) is 25.1 Å². The lowest BCUT2D eigenvalue weighted by Crippen LogP contribution is -2.38. The molecule has 0 radical (unpaired) electrons. The highest BCUT2D eigenvalue weighted by molar-refractivity contribution is 7.89. The van der Waals surface area contributed by atoms with E-state index in [9.17, 15) is 18.5 Å². The average molecular weight is 350 g/mol. The zero-order valence-corrected chi connectivity index (χ0v) is 13.9. The van der Waals surface area contributed by atoms with Crippen molar-refractivity contribution >= 4 is 28.1 Å². The van der Waals surface area contributed by atoms with Crippen LogP contribution in [-0.4, -0.2) is 33.0 Å². The van der Waals surface area contributed by atoms with E-state index in [2.05, 4.69) is 10.0 Å². The number of sulfonamides is 1. The first-order valence-electron chi connectivity index (χ1n) is 6.86. The van der Waals surface area contributed by atoms with Crippen molar-refractivity contribution in [1.29, 1.82) is 0 Å². The minimum Gasteiger partial charge on any atom is -0.316 e. The van der Waals surface area contributed by atoms with Gasteiger partial charge in [-0.3, -0.25) is 10.1 Å². The summed E-state index contributed by atoms with van der Waals surface area (Å²) >= 11 is 0. The number of rotatable bonds is 5. The second-order valence-corrected chi connectivity index (χ2v) is 6.96. The van der Waals surface area contributed by atoms with Crippen LogP contribution in [0.1, 0.15) is 18.4 Å². The second-order valence-electron chi connectivity index (χ2n) is 5.22. The predicted molar refractivity (Wildman–Crippen MR) is 85.9 cm³/mol. The summed E-state index contributed by atoms with van der Waals surface area (Å²) in [6.07, 6.45) is 2.01. The van der Waals surface area contributed by atoms with E-state index in [4.69, 9.17) is 0 Å². The molecule has 0 spiro atoms. The minimum atomic E-state index is -3.73. The van der Waals surface area contributed by atoms with Crippen LogP contribution in [0.3, 0.4) is 0 Å². The molecule has 0 aromatic heterocycles. The fraction of sp³-hybridized carbons (Fsp3) is 0.538. The van der Waals surface area contributed by atoms with Crippen LogP contribution in [0.25, 0.3) is 0 Å². The van der Waals surface area contributed by atoms with Gasteiger partial charge in [0.2, 0.25) is 10.0 Å². The van der Waals surface area contributed by atoms with Crippen molar-refractivity contribution in [1.82, 2.24) is 10.0 Å². The normalized spacial score (nSPS) is 18.5. The van der Waals surface area contributed by atoms with E-state index in [1.54, 1.807) is 0 Å². The van der Waals surface area contributed by atoms with Gasteiger partial charge < -0.3 is 5.32 Å². The number of nitrogens with zero attached hydrogens (tertiary/aromatic N) is 1. The molecule has 0 amide bonds. The summed E-state index contributed by atoms with van der Waals surface area (Å²) in [4.78, 5) is 10.3. The lowest BCUT2D eigenvalue weighted by Gasteiger charge is -2.23. The van der Waals surface area contributed by atoms with Gasteiger partial charge in [0, 0.05) is 18.2 Å². The first kappa shape index (κ1) is 18.8. The molecular weight excluding hydrogens is 330 g/mol. The topological polar surface area (TPSA) is 101 Å². The first-order valence-corrected chi connectivity index (χ1v) is 8.34. The van der Waals surface area contributed by atoms with Gasteiger partial charge in [0.05, 0.1) is 9.82 Å². The Morgan fingerprint density at radius 2 is 2.18 bits per heavy atom. The van der Waals surface area contributed by atoms with Crippen LogP contribution in [0.4, 0.5) is 5.69 Å². The average Bonchev–Trinajstić information content (AvgIpc) is 2.46. The highest BCUT2D eigenvalue weighted by atomic mass is 35.5. The second kappa shape index (κ2) is 7.87. The third-order valence-corrected chi connectivity index (χ3v) is 5.27. The van der Waals surface area contributed by atoms with Crippen LogP contribution in [0.15, 0.2) is 23.1 Å². The number of halogens is 1. The van der Waals surface area contributed by atoms with Gasteiger partial charge >= 0.3 is 0 Å². The summed E-state index contributed by atoms with van der Waals surface area (Å²) in [5, 5.41) is 14.1. The fourth-order valence-corrected chi connectivity index (χ4v) is 3.87. The molecule has 1 unspecified atom stereocenters. The molecule has 7 nitrogen and oxygen atoms in total. The van der Waals surface area contributed by atoms with E-state index < -0.39 is 14.9 Å². The summed E-state index contributed by atoms with van der Waals surface area (Å²) in [7, 11) is -3.73. The summed E-state index contributed by atoms with van der Waals surface area (Å²) in [6, 6.07) is 4.09. The standard InChI is InChI=1S/C13H19N3O4S.ClH/c1-10-12(16(17)18)5-2-6-13(10)21(19,20)15-9-11-4-3-7-14-8-11;/h2,5-6,11,14-15H,3-4,7-9H2,1H3;1H. The van der Waals surface area contributed by atoms with Crippen LogP contribution < -0.4 is 10.0 Å². The van der Waals surface area contributed by atoms with Crippen molar-refractivity contribution in [2.45, 2.75) is 24.7 Å². The Kier molecular flexibility index (Phi) is 6.73. The van der Waals surface area contributed by atoms with Gasteiger partial charge in [0.15, 0.2) is 0 Å². The summed E-state index contributed by atoms with van der Waals surface area (Å²) in [6.45, 7) is 3.55. The van der Waals surface area contributed by atoms with E-state index in [-0.39, 0.29) is 34.5 Å². The van der Waals surface area contributed by atoms with Crippen LogP contribution in [-0.2, 0) is 10.0 Å². The highest BCUT2D eigenvalue weighted by Crippen LogP contribution is 2.24. The molecule has 1 heterocycles. The molecule has 9 heteroatoms. The fourth-order valence-electron chi connectivity index (χ4n) is 2.50. The Morgan fingerprint density at radius 3 is 2.77 bits per heavy atom. The third kappa shape index (κ3) is 4.39. The number of benzene rings is 1. The van der Waals surface area contributed by atoms with Gasteiger partial charge in [-0.25, -0.2) is 13.1 Å². The Labute approximate surface area is 136 Å². The van der Waals surface area contributed by atoms with Gasteiger partial charge in [-0.2, -0.15) is 0 Å². The summed E-state index contributed by atoms with van der Waals surface area (Å²) in [5.41, 5.74) is -0.0195. The zero-order valence-electron chi connectivity index (χ0n) is 12.2. The van der Waals surface area contributed by atoms with Crippen molar-refractivity contribution in [3.8, 4) is 0 Å². The molecule has 0 bridgehead atoms. The van der Waals surface area contributed by atoms with Crippen molar-refractivity contribution in [2.75, 3.05) is 19.6 Å². The van der Waals surface area contributed by atoms with Crippen molar-refractivity contribution in [3.05, 3.63) is 33.9 Å². The van der Waals surface area contributed by atoms with Crippen LogP contribution in [0.2, 0.25) is 0 Å². The summed E-state index contributed by atoms with van der Waals surface area (Å²) in [5.74, 6) is 0.257. The Balaban J connectivity index is 0.00000242. The van der Waals surface area contributed by atoms with Crippen LogP contribution in [0.5, 0.6) is 0 Å². The molecule has 1 aliphatic heterocycles. The molecule has 1 aromatic rings. The number of hydrogen-bond acceptors (Lipinski definition) is 5. The summed E-state index contributed by atoms with van der Waals surface area (Å²) < 4.78 is 27.2. The zero-order chi connectivity index (χ0) is 15.5. The number of nitro benzene ring substituents is 1. The molecule has 1 aliphatic rings. The van der Waals surface area contributed by atoms with Crippen molar-refractivity contribution in [2.24, 2.45) is 5.92 Å². The van der Waals surface area contributed by atoms with E-state index >= 15 is 0 Å². The van der Waals surface area contributed by atoms with Gasteiger partial charge in [-0.05, 0) is 44.8 Å². The van der Waals surface area contributed by atoms with E-state index in [0.717, 1.165) is 25.9 Å². The molecule has 1 atom stereocenters. The number of nitrogens with one attached hydrogen (secondary N) is 2. The van der Waals surface area contributed by atoms with E-state index in [1.807, 2.05) is 0 Å². The first-order chi connectivity index (χ1) is 9.92. The van der Waals surface area contributed by atoms with E-state index in [0.29, 0.717) is 6.54 Å². The SMILES string of the molecule is Cc1c([N+](=O)[O-])cccc1S(=O)(=O)NCC1CCCNC1.Cl. The lowest BCUT2D eigenvalue weighted by molar-refractivity contribution is -0.385. The quantitative estimate of drug-likeness (QED) is 0.621. The molecule has 1 aromatic carbocycles. The number of nitro groups is 1. The maximum atomic E-state index is 12.3. The molecule has 0 saturated carbocycles. The highest BCUT2D eigenvalue weighted by Gasteiger charge is 2.24.